The normalized spacial score (nSPS) is 10.9. The molecule has 0 fully saturated rings. The van der Waals surface area contributed by atoms with Gasteiger partial charge in [-0.2, -0.15) is 0 Å². The van der Waals surface area contributed by atoms with Crippen molar-refractivity contribution in [2.75, 3.05) is 5.32 Å². The summed E-state index contributed by atoms with van der Waals surface area (Å²) >= 11 is 6.94. The van der Waals surface area contributed by atoms with Gasteiger partial charge in [-0.15, -0.1) is 11.3 Å². The Bertz CT molecular complexity index is 1170. The average molecular weight is 416 g/mol. The van der Waals surface area contributed by atoms with Gasteiger partial charge in [0.15, 0.2) is 5.11 Å². The molecule has 4 nitrogen and oxygen atoms in total. The minimum atomic E-state index is -0.288. The summed E-state index contributed by atoms with van der Waals surface area (Å²) in [7, 11) is 0. The second-order valence-corrected chi connectivity index (χ2v) is 7.66. The Morgan fingerprint density at radius 3 is 2.48 bits per heavy atom. The first-order valence-corrected chi connectivity index (χ1v) is 10.2. The minimum Gasteiger partial charge on any atom is -0.332 e. The molecule has 0 unspecified atom stereocenters. The Morgan fingerprint density at radius 2 is 1.66 bits per heavy atom. The zero-order chi connectivity index (χ0) is 20.1. The number of thiocarbonyl (C=S) groups is 1. The highest BCUT2D eigenvalue weighted by atomic mass is 32.1. The van der Waals surface area contributed by atoms with Crippen molar-refractivity contribution in [3.63, 3.8) is 0 Å². The summed E-state index contributed by atoms with van der Waals surface area (Å²) in [6.45, 7) is 0. The van der Waals surface area contributed by atoms with Crippen LogP contribution in [0.5, 0.6) is 0 Å². The van der Waals surface area contributed by atoms with Crippen LogP contribution in [0.1, 0.15) is 5.56 Å². The third-order valence-electron chi connectivity index (χ3n) is 4.16. The maximum Gasteiger partial charge on any atom is 0.250 e. The number of hydrogen-bond donors (Lipinski definition) is 2. The van der Waals surface area contributed by atoms with E-state index >= 15 is 0 Å². The number of carbonyl (C=O) groups is 1. The lowest BCUT2D eigenvalue weighted by atomic mass is 10.2. The molecule has 0 spiro atoms. The summed E-state index contributed by atoms with van der Waals surface area (Å²) < 4.78 is 1.12. The van der Waals surface area contributed by atoms with E-state index in [1.54, 1.807) is 17.4 Å². The quantitative estimate of drug-likeness (QED) is 0.342. The molecule has 2 N–H and O–H groups in total. The first-order valence-electron chi connectivity index (χ1n) is 8.99. The van der Waals surface area contributed by atoms with Crippen LogP contribution >= 0.6 is 23.6 Å². The van der Waals surface area contributed by atoms with Gasteiger partial charge in [-0.05, 0) is 48.1 Å². The van der Waals surface area contributed by atoms with Gasteiger partial charge >= 0.3 is 0 Å². The number of para-hydroxylation sites is 2. The van der Waals surface area contributed by atoms with Crippen LogP contribution in [0.3, 0.4) is 0 Å². The first kappa shape index (κ1) is 19.0. The van der Waals surface area contributed by atoms with Crippen LogP contribution in [-0.2, 0) is 4.79 Å². The zero-order valence-electron chi connectivity index (χ0n) is 15.3. The van der Waals surface area contributed by atoms with E-state index in [0.717, 1.165) is 32.0 Å². The van der Waals surface area contributed by atoms with Crippen LogP contribution in [0.15, 0.2) is 84.9 Å². The van der Waals surface area contributed by atoms with Crippen molar-refractivity contribution in [2.45, 2.75) is 0 Å². The van der Waals surface area contributed by atoms with Crippen molar-refractivity contribution in [2.24, 2.45) is 0 Å². The fourth-order valence-corrected chi connectivity index (χ4v) is 4.02. The van der Waals surface area contributed by atoms with Crippen molar-refractivity contribution in [3.8, 4) is 10.6 Å². The number of nitrogens with zero attached hydrogens (tertiary/aromatic N) is 1. The van der Waals surface area contributed by atoms with Crippen molar-refractivity contribution in [1.82, 2.24) is 10.3 Å². The number of aromatic nitrogens is 1. The monoisotopic (exact) mass is 415 g/mol. The molecule has 6 heteroatoms. The van der Waals surface area contributed by atoms with Crippen LogP contribution in [0, 0.1) is 0 Å². The fourth-order valence-electron chi connectivity index (χ4n) is 2.81. The number of fused-ring (bicyclic) bond motifs is 1. The smallest absolute Gasteiger partial charge is 0.250 e. The van der Waals surface area contributed by atoms with Crippen LogP contribution in [0.4, 0.5) is 5.69 Å². The van der Waals surface area contributed by atoms with Crippen molar-refractivity contribution >= 4 is 56.6 Å². The Morgan fingerprint density at radius 1 is 0.931 bits per heavy atom. The first-order chi connectivity index (χ1) is 14.2. The maximum atomic E-state index is 12.2. The van der Waals surface area contributed by atoms with E-state index in [9.17, 15) is 4.79 Å². The highest BCUT2D eigenvalue weighted by Crippen LogP contribution is 2.34. The second kappa shape index (κ2) is 8.77. The summed E-state index contributed by atoms with van der Waals surface area (Å²) in [6, 6.07) is 25.4. The van der Waals surface area contributed by atoms with Gasteiger partial charge in [0.05, 0.1) is 15.9 Å². The molecule has 3 aromatic carbocycles. The van der Waals surface area contributed by atoms with Gasteiger partial charge in [-0.25, -0.2) is 4.98 Å². The van der Waals surface area contributed by atoms with Crippen molar-refractivity contribution in [3.05, 3.63) is 90.5 Å². The van der Waals surface area contributed by atoms with Gasteiger partial charge in [-0.3, -0.25) is 10.1 Å². The molecule has 1 heterocycles. The molecular formula is C23H17N3OS2. The van der Waals surface area contributed by atoms with E-state index in [4.69, 9.17) is 17.2 Å². The molecule has 142 valence electrons. The van der Waals surface area contributed by atoms with E-state index in [0.29, 0.717) is 0 Å². The van der Waals surface area contributed by atoms with Crippen LogP contribution < -0.4 is 10.6 Å². The van der Waals surface area contributed by atoms with Gasteiger partial charge in [0.1, 0.15) is 5.01 Å². The van der Waals surface area contributed by atoms with E-state index in [-0.39, 0.29) is 11.0 Å². The molecule has 0 saturated carbocycles. The minimum absolute atomic E-state index is 0.237. The fraction of sp³-hybridized carbons (Fsp3) is 0. The van der Waals surface area contributed by atoms with Crippen molar-refractivity contribution < 1.29 is 4.79 Å². The number of hydrogen-bond acceptors (Lipinski definition) is 4. The molecule has 0 aliphatic heterocycles. The van der Waals surface area contributed by atoms with Crippen molar-refractivity contribution in [1.29, 1.82) is 0 Å². The number of amides is 1. The molecule has 0 saturated heterocycles. The molecule has 4 aromatic rings. The number of benzene rings is 3. The standard InChI is InChI=1S/C23H17N3OS2/c27-21(15-14-16-8-2-1-3-9-16)26-23(28)25-18-11-5-4-10-17(18)22-24-19-12-6-7-13-20(19)29-22/h1-15H,(H2,25,26,27,28). The lowest BCUT2D eigenvalue weighted by Gasteiger charge is -2.11. The SMILES string of the molecule is O=C(C=Cc1ccccc1)NC(=S)Nc1ccccc1-c1nc2ccccc2s1. The topological polar surface area (TPSA) is 54.0 Å². The molecule has 29 heavy (non-hydrogen) atoms. The number of carbonyl (C=O) groups excluding carboxylic acids is 1. The molecule has 4 rings (SSSR count). The van der Waals surface area contributed by atoms with Gasteiger partial charge < -0.3 is 5.32 Å². The summed E-state index contributed by atoms with van der Waals surface area (Å²) in [5.74, 6) is -0.288. The lowest BCUT2D eigenvalue weighted by Crippen LogP contribution is -2.32. The molecular weight excluding hydrogens is 398 g/mol. The van der Waals surface area contributed by atoms with E-state index in [2.05, 4.69) is 16.7 Å². The molecule has 0 aliphatic rings. The number of anilines is 1. The second-order valence-electron chi connectivity index (χ2n) is 6.22. The van der Waals surface area contributed by atoms with Crippen LogP contribution in [0.2, 0.25) is 0 Å². The third-order valence-corrected chi connectivity index (χ3v) is 5.44. The summed E-state index contributed by atoms with van der Waals surface area (Å²) in [4.78, 5) is 16.9. The van der Waals surface area contributed by atoms with E-state index in [1.807, 2.05) is 72.8 Å². The molecule has 0 aliphatic carbocycles. The Labute approximate surface area is 177 Å². The molecule has 1 amide bonds. The number of thiazole rings is 1. The maximum absolute atomic E-state index is 12.2. The molecule has 0 radical (unpaired) electrons. The predicted molar refractivity (Wildman–Crippen MR) is 125 cm³/mol. The van der Waals surface area contributed by atoms with Crippen LogP contribution in [0.25, 0.3) is 26.9 Å². The van der Waals surface area contributed by atoms with Gasteiger partial charge in [-0.1, -0.05) is 54.6 Å². The lowest BCUT2D eigenvalue weighted by molar-refractivity contribution is -0.115. The summed E-state index contributed by atoms with van der Waals surface area (Å²) in [6.07, 6.45) is 3.20. The Hall–Kier alpha value is -3.35. The summed E-state index contributed by atoms with van der Waals surface area (Å²) in [5, 5.41) is 6.93. The molecule has 0 atom stereocenters. The molecule has 0 bridgehead atoms. The van der Waals surface area contributed by atoms with E-state index in [1.165, 1.54) is 6.08 Å². The third kappa shape index (κ3) is 4.74. The van der Waals surface area contributed by atoms with Gasteiger partial charge in [0.2, 0.25) is 5.91 Å². The average Bonchev–Trinajstić information content (AvgIpc) is 3.17. The predicted octanol–water partition coefficient (Wildman–Crippen LogP) is 5.49. The van der Waals surface area contributed by atoms with Crippen LogP contribution in [-0.4, -0.2) is 16.0 Å². The Kier molecular flexibility index (Phi) is 5.74. The Balaban J connectivity index is 1.47. The highest BCUT2D eigenvalue weighted by Gasteiger charge is 2.11. The zero-order valence-corrected chi connectivity index (χ0v) is 17.0. The summed E-state index contributed by atoms with van der Waals surface area (Å²) in [5.41, 5.74) is 3.64. The highest BCUT2D eigenvalue weighted by molar-refractivity contribution is 7.80. The van der Waals surface area contributed by atoms with Gasteiger partial charge in [0, 0.05) is 11.6 Å². The number of rotatable bonds is 4. The van der Waals surface area contributed by atoms with E-state index < -0.39 is 0 Å². The van der Waals surface area contributed by atoms with Gasteiger partial charge in [0.25, 0.3) is 0 Å². The number of nitrogens with one attached hydrogen (secondary N) is 2. The molecule has 1 aromatic heterocycles. The largest absolute Gasteiger partial charge is 0.332 e.